The number of benzene rings is 11. The minimum atomic E-state index is -5.12. The predicted octanol–water partition coefficient (Wildman–Crippen LogP) is 23.0. The fraction of sp³-hybridized carbons (Fsp3) is 0.163. The number of aliphatic hydroxyl groups is 1. The Hall–Kier alpha value is -13.7. The van der Waals surface area contributed by atoms with Crippen molar-refractivity contribution in [3.8, 4) is 33.4 Å². The minimum absolute atomic E-state index is 0. The van der Waals surface area contributed by atoms with Crippen LogP contribution in [0.1, 0.15) is 132 Å². The molecule has 0 saturated carbocycles. The van der Waals surface area contributed by atoms with Crippen molar-refractivity contribution in [2.45, 2.75) is 84.5 Å². The minimum Gasteiger partial charge on any atom is -0.481 e. The van der Waals surface area contributed by atoms with Gasteiger partial charge in [0.1, 0.15) is 0 Å². The van der Waals surface area contributed by atoms with Crippen LogP contribution in [0.5, 0.6) is 0 Å². The van der Waals surface area contributed by atoms with Crippen LogP contribution in [0, 0.1) is 30.3 Å². The van der Waals surface area contributed by atoms with Gasteiger partial charge in [0.2, 0.25) is 0 Å². The third-order valence-corrected chi connectivity index (χ3v) is 17.4. The normalized spacial score (nSPS) is 11.2. The fourth-order valence-electron chi connectivity index (χ4n) is 11.5. The van der Waals surface area contributed by atoms with Crippen LogP contribution in [0.3, 0.4) is 0 Å². The van der Waals surface area contributed by atoms with Crippen molar-refractivity contribution in [3.63, 3.8) is 0 Å². The van der Waals surface area contributed by atoms with Crippen molar-refractivity contribution in [2.75, 3.05) is 30.0 Å². The number of nitro groups is 3. The first-order chi connectivity index (χ1) is 59.6. The van der Waals surface area contributed by atoms with E-state index in [1.54, 1.807) is 0 Å². The van der Waals surface area contributed by atoms with Gasteiger partial charge in [0, 0.05) is 149 Å². The molecule has 0 aliphatic rings. The molecular weight excluding hydrogens is 1800 g/mol. The summed E-state index contributed by atoms with van der Waals surface area (Å²) in [4.78, 5) is 99.7. The molecule has 11 aromatic carbocycles. The third-order valence-electron chi connectivity index (χ3n) is 17.2. The van der Waals surface area contributed by atoms with Gasteiger partial charge in [0.15, 0.2) is 23.1 Å². The van der Waals surface area contributed by atoms with Gasteiger partial charge in [-0.25, -0.2) is 0 Å². The number of Topliss-reactive ketones (excluding diaryl/α,β-unsaturated/α-hetero) is 4. The van der Waals surface area contributed by atoms with Gasteiger partial charge in [-0.2, -0.15) is 79.0 Å². The third kappa shape index (κ3) is 30.9. The van der Waals surface area contributed by atoms with Crippen LogP contribution in [0.4, 0.5) is 119 Å². The molecule has 0 unspecified atom stereocenters. The molecular formula is C86H70ClF18N7O14Zn. The molecule has 0 saturated heterocycles. The zero-order valence-corrected chi connectivity index (χ0v) is 69.8. The number of halogens is 19. The van der Waals surface area contributed by atoms with E-state index in [1.807, 2.05) is 0 Å². The van der Waals surface area contributed by atoms with Crippen LogP contribution in [0.2, 0.25) is 0 Å². The summed E-state index contributed by atoms with van der Waals surface area (Å²) in [6.07, 6.45) is -31.8. The monoisotopic (exact) mass is 1870 g/mol. The number of nitrogens with zero attached hydrogens (tertiary/aromatic N) is 3. The number of hydrogen-bond acceptors (Lipinski definition) is 17. The summed E-state index contributed by atoms with van der Waals surface area (Å²) < 4.78 is 259. The Morgan fingerprint density at radius 2 is 0.472 bits per heavy atom. The number of carbonyl (C=O) groups is 6. The van der Waals surface area contributed by atoms with Crippen LogP contribution < -0.4 is 22.9 Å². The smallest absolute Gasteiger partial charge is 0.417 e. The van der Waals surface area contributed by atoms with Gasteiger partial charge in [-0.1, -0.05) is 75.5 Å². The Morgan fingerprint density at radius 1 is 0.315 bits per heavy atom. The van der Waals surface area contributed by atoms with Gasteiger partial charge in [0.25, 0.3) is 28.3 Å². The molecule has 0 bridgehead atoms. The second-order valence-electron chi connectivity index (χ2n) is 26.0. The van der Waals surface area contributed by atoms with Crippen LogP contribution >= 0.6 is 11.6 Å². The Labute approximate surface area is 729 Å². The van der Waals surface area contributed by atoms with Crippen LogP contribution in [0.15, 0.2) is 231 Å². The number of carbonyl (C=O) groups excluding carboxylic acids is 5. The molecule has 0 amide bonds. The first-order valence-electron chi connectivity index (χ1n) is 36.8. The zero-order valence-electron chi connectivity index (χ0n) is 68.1. The van der Waals surface area contributed by atoms with E-state index in [0.29, 0.717) is 47.8 Å². The van der Waals surface area contributed by atoms with Crippen molar-refractivity contribution in [1.29, 1.82) is 0 Å². The van der Waals surface area contributed by atoms with Crippen LogP contribution in [-0.4, -0.2) is 66.4 Å². The molecule has 41 heteroatoms. The molecule has 0 atom stereocenters. The summed E-state index contributed by atoms with van der Waals surface area (Å²) in [7, 11) is 3.50. The molecule has 0 spiro atoms. The summed E-state index contributed by atoms with van der Waals surface area (Å²) in [5.74, 6) is -3.13. The number of carboxylic acid groups (broad SMARTS) is 1. The average molecular weight is 1870 g/mol. The molecule has 0 aliphatic carbocycles. The number of nitrogen functional groups attached to an aromatic ring is 4. The van der Waals surface area contributed by atoms with Gasteiger partial charge < -0.3 is 33.1 Å². The van der Waals surface area contributed by atoms with Gasteiger partial charge in [0.05, 0.1) is 48.2 Å². The number of ketones is 4. The first kappa shape index (κ1) is 104. The standard InChI is InChI=1S/C30H18F6N2O6.C30H22F6N2O2.C14H10F6N2.C7H4ClNO3.C2H4O2.CH4O.2CH4.Zn/c31-29(32,33)25-13-17(15-27(39)19-3-7-21(8-4-19)37(41)42)1-11-23(25)24-12-2-18(14-26(24)30(34,35)36)16-28(40)20-5-9-22(10-6-20)38(43)44;31-29(32,33)25-13-17(15-27(39)19-3-7-21(37)8-4-19)1-11-23(25)24-12-2-18(14-26(24)30(34,35)36)16-28(40)20-5-9-22(38)10-6-20;15-13(16,17)11-5-7(21)1-3-9(11)10-4-2-8(22)6-12(10)14(18,19)20;8-7(10)5-1-3-6(4-2-5)9(11)12;1-2(3)4;1-2;;;/h1-14H,15-16H2;1-14H,15-16,37-38H2;1-6H,21-22H2;1-4H;1H3,(H,3,4);2H,1H3;2*1H4;/i;;;;;;2*1D;. The second kappa shape index (κ2) is 45.2. The van der Waals surface area contributed by atoms with Crippen molar-refractivity contribution in [1.82, 2.24) is 0 Å². The number of alkyl halides is 18. The maximum atomic E-state index is 14.1. The van der Waals surface area contributed by atoms with E-state index in [9.17, 15) is 133 Å². The van der Waals surface area contributed by atoms with Crippen molar-refractivity contribution < 1.29 is 155 Å². The molecule has 10 N–H and O–H groups in total. The molecule has 0 fully saturated rings. The van der Waals surface area contributed by atoms with E-state index in [2.05, 4.69) is 0 Å². The maximum Gasteiger partial charge on any atom is 0.417 e. The second-order valence-corrected chi connectivity index (χ2v) is 26.3. The van der Waals surface area contributed by atoms with Gasteiger partial charge in [-0.3, -0.25) is 59.1 Å². The SMILES string of the molecule is CC(=O)O.CO.Nc1ccc(-c2ccc(N)cc2C(F)(F)F)c(C(F)(F)F)c1.Nc1ccc(C(=O)Cc2ccc(-c3ccc(CC(=O)c4ccc(N)cc4)cc3C(F)(F)F)c(C(F)(F)F)c2)cc1.O=C(Cc1ccc(-c2ccc(CC(=O)c3ccc([N+](=O)[O-])cc3)cc2C(F)(F)F)c(C(F)(F)F)c1)c1ccc([N+](=O)[O-])cc1.O=C(Cl)c1ccc([N+](=O)[O-])cc1.[2H]C.[2H]C.[Zn]. The molecule has 0 heterocycles. The number of nitro benzene ring substituents is 3. The van der Waals surface area contributed by atoms with E-state index in [-0.39, 0.29) is 98.0 Å². The van der Waals surface area contributed by atoms with E-state index >= 15 is 0 Å². The predicted molar refractivity (Wildman–Crippen MR) is 433 cm³/mol. The number of anilines is 4. The van der Waals surface area contributed by atoms with Gasteiger partial charge >= 0.3 is 37.1 Å². The summed E-state index contributed by atoms with van der Waals surface area (Å²) in [6.45, 7) is 1.08. The number of nitrogens with two attached hydrogens (primary N) is 4. The number of aliphatic hydroxyl groups excluding tert-OH is 1. The van der Waals surface area contributed by atoms with Gasteiger partial charge in [-0.15, -0.1) is 0 Å². The van der Waals surface area contributed by atoms with Crippen molar-refractivity contribution in [3.05, 3.63) is 344 Å². The van der Waals surface area contributed by atoms with E-state index in [4.69, 9.17) is 52.3 Å². The molecule has 0 aromatic heterocycles. The Bertz CT molecular complexity index is 5430. The average Bonchev–Trinajstić information content (AvgIpc) is 0.774. The summed E-state index contributed by atoms with van der Waals surface area (Å²) in [5.41, 5.74) is 9.78. The molecule has 127 heavy (non-hydrogen) atoms. The number of non-ortho nitro benzene ring substituents is 3. The summed E-state index contributed by atoms with van der Waals surface area (Å²) in [6, 6.07) is 41.4. The number of aliphatic carboxylic acids is 1. The van der Waals surface area contributed by atoms with Crippen molar-refractivity contribution >= 4 is 85.8 Å². The largest absolute Gasteiger partial charge is 0.481 e. The van der Waals surface area contributed by atoms with Crippen LogP contribution in [0.25, 0.3) is 33.4 Å². The van der Waals surface area contributed by atoms with E-state index < -0.39 is 179 Å². The topological polar surface area (TPSA) is 376 Å². The number of rotatable bonds is 19. The maximum absolute atomic E-state index is 14.1. The summed E-state index contributed by atoms with van der Waals surface area (Å²) in [5, 5.41) is 45.6. The van der Waals surface area contributed by atoms with Gasteiger partial charge in [-0.05, 0) is 201 Å². The van der Waals surface area contributed by atoms with E-state index in [1.165, 1.54) is 99.7 Å². The molecule has 11 aromatic rings. The Balaban J connectivity index is 0.000000459. The summed E-state index contributed by atoms with van der Waals surface area (Å²) >= 11 is 5.13. The first-order valence-corrected chi connectivity index (χ1v) is 35.1. The quantitative estimate of drug-likeness (QED) is 0.00833. The molecule has 0 radical (unpaired) electrons. The zero-order chi connectivity index (χ0) is 97.1. The molecule has 21 nitrogen and oxygen atoms in total. The fourth-order valence-corrected chi connectivity index (χ4v) is 11.6. The number of carboxylic acids is 1. The molecule has 11 rings (SSSR count). The van der Waals surface area contributed by atoms with Crippen molar-refractivity contribution in [2.24, 2.45) is 0 Å². The Morgan fingerprint density at radius 3 is 0.646 bits per heavy atom. The van der Waals surface area contributed by atoms with E-state index in [0.717, 1.165) is 123 Å². The molecule has 668 valence electrons. The Kier molecular flexibility index (Phi) is 37.0. The number of hydrogen-bond donors (Lipinski definition) is 6. The molecule has 0 aliphatic heterocycles. The van der Waals surface area contributed by atoms with Crippen LogP contribution in [-0.2, 0) is 87.0 Å².